The smallest absolute Gasteiger partial charge is 0.255 e. The van der Waals surface area contributed by atoms with Gasteiger partial charge in [0.1, 0.15) is 5.82 Å². The number of hydrogen-bond donors (Lipinski definition) is 1. The molecule has 22 heavy (non-hydrogen) atoms. The normalized spacial score (nSPS) is 14.2. The molecule has 1 saturated heterocycles. The summed E-state index contributed by atoms with van der Waals surface area (Å²) >= 11 is 11.8. The van der Waals surface area contributed by atoms with Crippen LogP contribution in [-0.2, 0) is 0 Å². The molecule has 1 N–H and O–H groups in total. The van der Waals surface area contributed by atoms with Gasteiger partial charge in [-0.3, -0.25) is 4.79 Å². The van der Waals surface area contributed by atoms with E-state index in [2.05, 4.69) is 15.2 Å². The van der Waals surface area contributed by atoms with Gasteiger partial charge in [-0.05, 0) is 43.2 Å². The molecule has 1 amide bonds. The Labute approximate surface area is 139 Å². The van der Waals surface area contributed by atoms with E-state index in [1.807, 2.05) is 12.1 Å². The molecule has 1 aliphatic rings. The highest BCUT2D eigenvalue weighted by atomic mass is 35.5. The molecule has 4 nitrogen and oxygen atoms in total. The van der Waals surface area contributed by atoms with Crippen LogP contribution in [0.5, 0.6) is 0 Å². The molecule has 0 atom stereocenters. The predicted octanol–water partition coefficient (Wildman–Crippen LogP) is 4.24. The molecule has 0 aliphatic carbocycles. The van der Waals surface area contributed by atoms with E-state index in [1.54, 1.807) is 24.4 Å². The number of anilines is 2. The summed E-state index contributed by atoms with van der Waals surface area (Å²) in [6.07, 6.45) is 4.08. The van der Waals surface area contributed by atoms with Crippen molar-refractivity contribution >= 4 is 40.6 Å². The van der Waals surface area contributed by atoms with E-state index in [4.69, 9.17) is 23.2 Å². The van der Waals surface area contributed by atoms with Crippen molar-refractivity contribution in [1.29, 1.82) is 0 Å². The minimum atomic E-state index is -0.241. The molecule has 0 saturated carbocycles. The van der Waals surface area contributed by atoms with Crippen molar-refractivity contribution in [3.05, 3.63) is 52.1 Å². The van der Waals surface area contributed by atoms with Gasteiger partial charge >= 0.3 is 0 Å². The van der Waals surface area contributed by atoms with E-state index in [1.165, 1.54) is 12.8 Å². The van der Waals surface area contributed by atoms with Crippen molar-refractivity contribution in [2.24, 2.45) is 0 Å². The summed E-state index contributed by atoms with van der Waals surface area (Å²) in [5.74, 6) is 0.708. The first kappa shape index (κ1) is 15.1. The zero-order valence-corrected chi connectivity index (χ0v) is 13.4. The Kier molecular flexibility index (Phi) is 4.50. The molecule has 2 aromatic rings. The van der Waals surface area contributed by atoms with Crippen molar-refractivity contribution in [3.63, 3.8) is 0 Å². The van der Waals surface area contributed by atoms with Crippen molar-refractivity contribution in [2.75, 3.05) is 23.3 Å². The Morgan fingerprint density at radius 1 is 1.09 bits per heavy atom. The average Bonchev–Trinajstić information content (AvgIpc) is 3.05. The SMILES string of the molecule is O=C(Nc1ccc(N2CCCC2)nc1)c1ccc(Cl)c(Cl)c1. The largest absolute Gasteiger partial charge is 0.357 e. The molecular formula is C16H15Cl2N3O. The highest BCUT2D eigenvalue weighted by molar-refractivity contribution is 6.42. The molecule has 1 aliphatic heterocycles. The third kappa shape index (κ3) is 3.34. The first-order valence-corrected chi connectivity index (χ1v) is 7.86. The lowest BCUT2D eigenvalue weighted by Gasteiger charge is -2.16. The van der Waals surface area contributed by atoms with Crippen molar-refractivity contribution in [2.45, 2.75) is 12.8 Å². The lowest BCUT2D eigenvalue weighted by molar-refractivity contribution is 0.102. The second kappa shape index (κ2) is 6.55. The molecule has 114 valence electrons. The van der Waals surface area contributed by atoms with Gasteiger partial charge in [0.2, 0.25) is 0 Å². The van der Waals surface area contributed by atoms with Gasteiger partial charge in [0.15, 0.2) is 0 Å². The van der Waals surface area contributed by atoms with Gasteiger partial charge in [-0.1, -0.05) is 23.2 Å². The Balaban J connectivity index is 1.69. The first-order valence-electron chi connectivity index (χ1n) is 7.11. The monoisotopic (exact) mass is 335 g/mol. The van der Waals surface area contributed by atoms with E-state index in [9.17, 15) is 4.79 Å². The minimum absolute atomic E-state index is 0.241. The number of halogens is 2. The van der Waals surface area contributed by atoms with Gasteiger partial charge in [-0.15, -0.1) is 0 Å². The van der Waals surface area contributed by atoms with E-state index in [0.717, 1.165) is 18.9 Å². The van der Waals surface area contributed by atoms with Crippen LogP contribution in [0.4, 0.5) is 11.5 Å². The number of amides is 1. The number of nitrogens with one attached hydrogen (secondary N) is 1. The lowest BCUT2D eigenvalue weighted by Crippen LogP contribution is -2.19. The maximum atomic E-state index is 12.2. The number of hydrogen-bond acceptors (Lipinski definition) is 3. The molecule has 1 aromatic carbocycles. The average molecular weight is 336 g/mol. The number of pyridine rings is 1. The van der Waals surface area contributed by atoms with E-state index >= 15 is 0 Å². The van der Waals surface area contributed by atoms with Crippen LogP contribution in [0.15, 0.2) is 36.5 Å². The standard InChI is InChI=1S/C16H15Cl2N3O/c17-13-5-3-11(9-14(13)18)16(22)20-12-4-6-15(19-10-12)21-7-1-2-8-21/h3-6,9-10H,1-2,7-8H2,(H,20,22). The first-order chi connectivity index (χ1) is 10.6. The second-order valence-corrected chi connectivity index (χ2v) is 6.00. The third-order valence-corrected chi connectivity index (χ3v) is 4.36. The molecule has 2 heterocycles. The summed E-state index contributed by atoms with van der Waals surface area (Å²) in [6, 6.07) is 8.57. The van der Waals surface area contributed by atoms with Gasteiger partial charge in [-0.25, -0.2) is 4.98 Å². The number of carbonyl (C=O) groups is 1. The fourth-order valence-electron chi connectivity index (χ4n) is 2.43. The van der Waals surface area contributed by atoms with Crippen molar-refractivity contribution < 1.29 is 4.79 Å². The zero-order valence-electron chi connectivity index (χ0n) is 11.9. The molecule has 1 aromatic heterocycles. The van der Waals surface area contributed by atoms with Gasteiger partial charge in [0, 0.05) is 18.7 Å². The maximum absolute atomic E-state index is 12.2. The summed E-state index contributed by atoms with van der Waals surface area (Å²) in [5.41, 5.74) is 1.11. The van der Waals surface area contributed by atoms with Crippen molar-refractivity contribution in [3.8, 4) is 0 Å². The quantitative estimate of drug-likeness (QED) is 0.912. The number of aromatic nitrogens is 1. The zero-order chi connectivity index (χ0) is 15.5. The predicted molar refractivity (Wildman–Crippen MR) is 90.1 cm³/mol. The molecule has 6 heteroatoms. The Hall–Kier alpha value is -1.78. The summed E-state index contributed by atoms with van der Waals surface area (Å²) < 4.78 is 0. The van der Waals surface area contributed by atoms with E-state index < -0.39 is 0 Å². The third-order valence-electron chi connectivity index (χ3n) is 3.62. The number of benzene rings is 1. The van der Waals surface area contributed by atoms with Crippen LogP contribution >= 0.6 is 23.2 Å². The van der Waals surface area contributed by atoms with Crippen LogP contribution < -0.4 is 10.2 Å². The second-order valence-electron chi connectivity index (χ2n) is 5.18. The Bertz CT molecular complexity index is 682. The number of rotatable bonds is 3. The summed E-state index contributed by atoms with van der Waals surface area (Å²) in [5, 5.41) is 3.58. The Morgan fingerprint density at radius 3 is 2.50 bits per heavy atom. The van der Waals surface area contributed by atoms with E-state index in [-0.39, 0.29) is 5.91 Å². The highest BCUT2D eigenvalue weighted by Gasteiger charge is 2.13. The fourth-order valence-corrected chi connectivity index (χ4v) is 2.73. The van der Waals surface area contributed by atoms with E-state index in [0.29, 0.717) is 21.3 Å². The van der Waals surface area contributed by atoms with Gasteiger partial charge < -0.3 is 10.2 Å². The van der Waals surface area contributed by atoms with Crippen LogP contribution in [0, 0.1) is 0 Å². The topological polar surface area (TPSA) is 45.2 Å². The van der Waals surface area contributed by atoms with Crippen LogP contribution in [0.25, 0.3) is 0 Å². The Morgan fingerprint density at radius 2 is 1.86 bits per heavy atom. The highest BCUT2D eigenvalue weighted by Crippen LogP contribution is 2.23. The van der Waals surface area contributed by atoms with Crippen LogP contribution in [0.3, 0.4) is 0 Å². The molecule has 0 unspecified atom stereocenters. The molecular weight excluding hydrogens is 321 g/mol. The van der Waals surface area contributed by atoms with Gasteiger partial charge in [0.05, 0.1) is 21.9 Å². The minimum Gasteiger partial charge on any atom is -0.357 e. The fraction of sp³-hybridized carbons (Fsp3) is 0.250. The molecule has 3 rings (SSSR count). The summed E-state index contributed by atoms with van der Waals surface area (Å²) in [7, 11) is 0. The molecule has 0 bridgehead atoms. The lowest BCUT2D eigenvalue weighted by atomic mass is 10.2. The van der Waals surface area contributed by atoms with Crippen LogP contribution in [0.2, 0.25) is 10.0 Å². The molecule has 1 fully saturated rings. The van der Waals surface area contributed by atoms with Gasteiger partial charge in [-0.2, -0.15) is 0 Å². The summed E-state index contributed by atoms with van der Waals surface area (Å²) in [6.45, 7) is 2.09. The maximum Gasteiger partial charge on any atom is 0.255 e. The molecule has 0 radical (unpaired) electrons. The van der Waals surface area contributed by atoms with Gasteiger partial charge in [0.25, 0.3) is 5.91 Å². The van der Waals surface area contributed by atoms with Crippen LogP contribution in [-0.4, -0.2) is 24.0 Å². The summed E-state index contributed by atoms with van der Waals surface area (Å²) in [4.78, 5) is 18.8. The van der Waals surface area contributed by atoms with Crippen molar-refractivity contribution in [1.82, 2.24) is 4.98 Å². The number of nitrogens with zero attached hydrogens (tertiary/aromatic N) is 2. The van der Waals surface area contributed by atoms with Crippen LogP contribution in [0.1, 0.15) is 23.2 Å². The number of carbonyl (C=O) groups excluding carboxylic acids is 1. The molecule has 0 spiro atoms.